The maximum Gasteiger partial charge on any atom is 2.00 e. The molecular weight excluding hydrogens is 205 g/mol. The van der Waals surface area contributed by atoms with Crippen LogP contribution in [-0.2, 0) is 10.4 Å². The Morgan fingerprint density at radius 1 is 1.09 bits per heavy atom. The molecule has 0 aromatic heterocycles. The fourth-order valence-electron chi connectivity index (χ4n) is 0. The van der Waals surface area contributed by atoms with E-state index in [1.165, 1.54) is 0 Å². The van der Waals surface area contributed by atoms with Crippen LogP contribution in [0.15, 0.2) is 0 Å². The largest absolute Gasteiger partial charge is 2.00 e. The van der Waals surface area contributed by atoms with Gasteiger partial charge in [0.2, 0.25) is 0 Å². The van der Waals surface area contributed by atoms with Crippen molar-refractivity contribution in [1.29, 1.82) is 0 Å². The quantitative estimate of drug-likeness (QED) is 0.307. The fraction of sp³-hybridized carbons (Fsp3) is 0. The van der Waals surface area contributed by atoms with Crippen molar-refractivity contribution in [2.45, 2.75) is 0 Å². The molecule has 0 fully saturated rings. The van der Waals surface area contributed by atoms with Gasteiger partial charge in [-0.3, -0.25) is 9.11 Å². The molecule has 7 nitrogen and oxygen atoms in total. The van der Waals surface area contributed by atoms with Gasteiger partial charge in [-0.2, -0.15) is 8.42 Å². The first kappa shape index (κ1) is 22.6. The molecule has 0 heterocycles. The van der Waals surface area contributed by atoms with Crippen molar-refractivity contribution in [3.63, 3.8) is 0 Å². The molecule has 4 N–H and O–H groups in total. The van der Waals surface area contributed by atoms with Gasteiger partial charge in [-0.15, -0.1) is 0 Å². The van der Waals surface area contributed by atoms with Gasteiger partial charge >= 0.3 is 62.7 Å². The van der Waals surface area contributed by atoms with Gasteiger partial charge in [0.1, 0.15) is 0 Å². The summed E-state index contributed by atoms with van der Waals surface area (Å²) in [6, 6.07) is 0. The van der Waals surface area contributed by atoms with Crippen molar-refractivity contribution in [2.24, 2.45) is 0 Å². The van der Waals surface area contributed by atoms with E-state index in [0.717, 1.165) is 0 Å². The Balaban J connectivity index is -0.00000000785. The summed E-state index contributed by atoms with van der Waals surface area (Å²) in [7, 11) is -4.67. The van der Waals surface area contributed by atoms with E-state index in [1.54, 1.807) is 0 Å². The van der Waals surface area contributed by atoms with Gasteiger partial charge in [0.05, 0.1) is 0 Å². The number of hydrogen-bond donors (Lipinski definition) is 4. The van der Waals surface area contributed by atoms with E-state index < -0.39 is 16.6 Å². The Morgan fingerprint density at radius 2 is 1.09 bits per heavy atom. The molecule has 10 heteroatoms. The van der Waals surface area contributed by atoms with Gasteiger partial charge in [0.25, 0.3) is 0 Å². The van der Waals surface area contributed by atoms with Gasteiger partial charge in [-0.05, 0) is 0 Å². The Hall–Kier alpha value is 0.672. The average Bonchev–Trinajstić information content (AvgIpc) is 1.19. The third kappa shape index (κ3) is 1780. The molecule has 0 saturated heterocycles. The molecule has 64 valence electrons. The van der Waals surface area contributed by atoms with Crippen molar-refractivity contribution < 1.29 is 38.2 Å². The number of hydrogen-bond acceptors (Lipinski definition) is 3. The third-order valence-corrected chi connectivity index (χ3v) is 0. The van der Waals surface area contributed by atoms with Crippen molar-refractivity contribution in [2.75, 3.05) is 0 Å². The summed E-state index contributed by atoms with van der Waals surface area (Å²) in [5, 5.41) is 13.9. The third-order valence-electron chi connectivity index (χ3n) is 0. The normalized spacial score (nSPS) is 7.45. The molecule has 0 aliphatic rings. The zero-order valence-corrected chi connectivity index (χ0v) is 8.98. The van der Waals surface area contributed by atoms with E-state index in [9.17, 15) is 0 Å². The topological polar surface area (TPSA) is 132 Å². The first-order valence-corrected chi connectivity index (χ1v) is 2.75. The summed E-state index contributed by atoms with van der Waals surface area (Å²) in [5.41, 5.74) is 0. The van der Waals surface area contributed by atoms with Gasteiger partial charge in [0.15, 0.2) is 0 Å². The standard InChI is InChI=1S/CH2O3.2Mg.H2O4S.4H/c2-1(3)4;;;1-5(2,3)4;;;;/h(H2,2,3,4);;;(H2,1,2,3,4);;;;/q;2*+2;;4*-1. The molecule has 11 heavy (non-hydrogen) atoms. The minimum absolute atomic E-state index is 0. The summed E-state index contributed by atoms with van der Waals surface area (Å²) in [5.74, 6) is 0. The zero-order chi connectivity index (χ0) is 8.08. The van der Waals surface area contributed by atoms with Crippen LogP contribution in [0.3, 0.4) is 0 Å². The van der Waals surface area contributed by atoms with Gasteiger partial charge in [-0.1, -0.05) is 0 Å². The average molecular weight is 213 g/mol. The second kappa shape index (κ2) is 10.7. The number of carboxylic acid groups (broad SMARTS) is 2. The van der Waals surface area contributed by atoms with E-state index in [0.29, 0.717) is 0 Å². The van der Waals surface area contributed by atoms with Crippen molar-refractivity contribution in [3.05, 3.63) is 0 Å². The van der Waals surface area contributed by atoms with Crippen molar-refractivity contribution >= 4 is 62.7 Å². The van der Waals surface area contributed by atoms with Crippen LogP contribution in [0.2, 0.25) is 0 Å². The number of rotatable bonds is 0. The Kier molecular flexibility index (Phi) is 21.9. The van der Waals surface area contributed by atoms with Crippen LogP contribution in [-0.4, -0.2) is 80.0 Å². The van der Waals surface area contributed by atoms with Crippen LogP contribution in [0, 0.1) is 0 Å². The molecule has 0 amide bonds. The molecule has 0 aliphatic carbocycles. The van der Waals surface area contributed by atoms with Gasteiger partial charge in [0, 0.05) is 0 Å². The van der Waals surface area contributed by atoms with E-state index in [1.807, 2.05) is 0 Å². The molecule has 0 spiro atoms. The second-order valence-corrected chi connectivity index (χ2v) is 1.63. The van der Waals surface area contributed by atoms with Crippen LogP contribution in [0.1, 0.15) is 5.71 Å². The predicted octanol–water partition coefficient (Wildman–Crippen LogP) is -0.742. The molecule has 0 saturated carbocycles. The Morgan fingerprint density at radius 3 is 1.09 bits per heavy atom. The van der Waals surface area contributed by atoms with E-state index in [-0.39, 0.29) is 51.8 Å². The first-order valence-electron chi connectivity index (χ1n) is 1.35. The summed E-state index contributed by atoms with van der Waals surface area (Å²) in [6.07, 6.45) is -1.83. The first-order chi connectivity index (χ1) is 3.73. The molecule has 0 unspecified atom stereocenters. The Labute approximate surface area is 101 Å². The Bertz CT molecular complexity index is 171. The van der Waals surface area contributed by atoms with Crippen LogP contribution < -0.4 is 0 Å². The molecule has 0 aliphatic heterocycles. The SMILES string of the molecule is O=C(O)O.O=S(=O)(O)O.[H-].[H-].[H-].[H-].[Mg+2].[Mg+2]. The van der Waals surface area contributed by atoms with E-state index in [4.69, 9.17) is 32.5 Å². The predicted molar refractivity (Wildman–Crippen MR) is 40.8 cm³/mol. The maximum absolute atomic E-state index is 8.74. The molecule has 0 aromatic rings. The van der Waals surface area contributed by atoms with Crippen LogP contribution in [0.25, 0.3) is 0 Å². The fourth-order valence-corrected chi connectivity index (χ4v) is 0. The second-order valence-electron chi connectivity index (χ2n) is 0.730. The minimum Gasteiger partial charge on any atom is -1.00 e. The van der Waals surface area contributed by atoms with Crippen LogP contribution in [0.4, 0.5) is 4.79 Å². The molecule has 0 radical (unpaired) electrons. The summed E-state index contributed by atoms with van der Waals surface area (Å²) >= 11 is 0. The van der Waals surface area contributed by atoms with Crippen LogP contribution >= 0.6 is 0 Å². The van der Waals surface area contributed by atoms with Gasteiger partial charge in [-0.25, -0.2) is 4.79 Å². The monoisotopic (exact) mass is 212 g/mol. The summed E-state index contributed by atoms with van der Waals surface area (Å²) in [4.78, 5) is 8.56. The molecule has 0 rings (SSSR count). The van der Waals surface area contributed by atoms with Crippen molar-refractivity contribution in [3.8, 4) is 0 Å². The van der Waals surface area contributed by atoms with Crippen molar-refractivity contribution in [1.82, 2.24) is 0 Å². The zero-order valence-electron chi connectivity index (χ0n) is 9.34. The molecule has 0 bridgehead atoms. The molecular formula is CH8Mg2O7S. The van der Waals surface area contributed by atoms with Gasteiger partial charge < -0.3 is 15.9 Å². The van der Waals surface area contributed by atoms with Crippen LogP contribution in [0.5, 0.6) is 0 Å². The van der Waals surface area contributed by atoms with E-state index in [2.05, 4.69) is 0 Å². The molecule has 0 atom stereocenters. The summed E-state index contributed by atoms with van der Waals surface area (Å²) < 4.78 is 31.6. The maximum atomic E-state index is 8.74. The smallest absolute Gasteiger partial charge is 1.00 e. The van der Waals surface area contributed by atoms with E-state index >= 15 is 0 Å². The minimum atomic E-state index is -4.67. The summed E-state index contributed by atoms with van der Waals surface area (Å²) in [6.45, 7) is 0. The number of carbonyl (C=O) groups is 1. The molecule has 0 aromatic carbocycles.